The van der Waals surface area contributed by atoms with Gasteiger partial charge in [-0.2, -0.15) is 9.66 Å². The van der Waals surface area contributed by atoms with Gasteiger partial charge in [0.05, 0.1) is 16.0 Å². The van der Waals surface area contributed by atoms with Gasteiger partial charge >= 0.3 is 0 Å². The summed E-state index contributed by atoms with van der Waals surface area (Å²) in [6.45, 7) is 5.36. The molecule has 0 bridgehead atoms. The molecule has 2 aromatic carbocycles. The van der Waals surface area contributed by atoms with E-state index in [-0.39, 0.29) is 21.9 Å². The summed E-state index contributed by atoms with van der Waals surface area (Å²) in [5, 5.41) is 9.50. The van der Waals surface area contributed by atoms with Gasteiger partial charge in [0.25, 0.3) is 0 Å². The molecule has 130 valence electrons. The summed E-state index contributed by atoms with van der Waals surface area (Å²) in [6, 6.07) is 11.5. The first-order valence-corrected chi connectivity index (χ1v) is 9.57. The Kier molecular flexibility index (Phi) is 6.15. The van der Waals surface area contributed by atoms with Gasteiger partial charge in [-0.3, -0.25) is 0 Å². The van der Waals surface area contributed by atoms with Crippen molar-refractivity contribution in [1.29, 1.82) is 5.26 Å². The van der Waals surface area contributed by atoms with Gasteiger partial charge in [-0.05, 0) is 45.0 Å². The fourth-order valence-electron chi connectivity index (χ4n) is 1.99. The first kappa shape index (κ1) is 19.8. The summed E-state index contributed by atoms with van der Waals surface area (Å²) in [4.78, 5) is 0. The van der Waals surface area contributed by atoms with E-state index in [2.05, 4.69) is 20.3 Å². The number of rotatable bonds is 3. The smallest absolute Gasteiger partial charge is 0.145 e. The topological polar surface area (TPSA) is 53.2 Å². The minimum Gasteiger partial charge on any atom is -0.234 e. The second-order valence-corrected chi connectivity index (χ2v) is 9.49. The summed E-state index contributed by atoms with van der Waals surface area (Å²) in [6.07, 6.45) is 0. The van der Waals surface area contributed by atoms with Crippen LogP contribution in [0.4, 0.5) is 4.39 Å². The van der Waals surface area contributed by atoms with Crippen LogP contribution >= 0.6 is 27.5 Å². The second kappa shape index (κ2) is 7.77. The van der Waals surface area contributed by atoms with Gasteiger partial charge in [0.15, 0.2) is 0 Å². The van der Waals surface area contributed by atoms with E-state index in [1.807, 2.05) is 12.1 Å². The van der Waals surface area contributed by atoms with Gasteiger partial charge in [0.1, 0.15) is 22.9 Å². The lowest BCUT2D eigenvalue weighted by Gasteiger charge is -2.16. The fraction of sp³-hybridized carbons (Fsp3) is 0.222. The molecule has 7 heteroatoms. The summed E-state index contributed by atoms with van der Waals surface area (Å²) < 4.78 is 31.2. The van der Waals surface area contributed by atoms with Crippen molar-refractivity contribution in [3.05, 3.63) is 68.4 Å². The van der Waals surface area contributed by atoms with Crippen LogP contribution in [0.3, 0.4) is 0 Å². The van der Waals surface area contributed by atoms with Crippen LogP contribution in [0.2, 0.25) is 5.02 Å². The molecule has 0 aliphatic rings. The summed E-state index contributed by atoms with van der Waals surface area (Å²) in [5.74, 6) is -0.741. The van der Waals surface area contributed by atoms with Crippen LogP contribution < -0.4 is 0 Å². The molecule has 0 saturated carbocycles. The molecular formula is C18H15BrClFN2OS. The first-order chi connectivity index (χ1) is 11.6. The second-order valence-electron chi connectivity index (χ2n) is 6.23. The lowest BCUT2D eigenvalue weighted by atomic mass is 9.98. The highest BCUT2D eigenvalue weighted by molar-refractivity contribution is 9.10. The van der Waals surface area contributed by atoms with Crippen molar-refractivity contribution in [3.63, 3.8) is 0 Å². The van der Waals surface area contributed by atoms with E-state index in [0.717, 1.165) is 10.5 Å². The summed E-state index contributed by atoms with van der Waals surface area (Å²) >= 11 is 9.36. The number of nitrogens with zero attached hydrogens (tertiary/aromatic N) is 2. The number of halogens is 3. The Labute approximate surface area is 162 Å². The first-order valence-electron chi connectivity index (χ1n) is 7.29. The molecule has 1 unspecified atom stereocenters. The van der Waals surface area contributed by atoms with Crippen molar-refractivity contribution in [1.82, 2.24) is 0 Å². The zero-order chi connectivity index (χ0) is 18.8. The van der Waals surface area contributed by atoms with E-state index in [4.69, 9.17) is 11.6 Å². The molecule has 25 heavy (non-hydrogen) atoms. The van der Waals surface area contributed by atoms with Crippen molar-refractivity contribution in [3.8, 4) is 6.07 Å². The highest BCUT2D eigenvalue weighted by Gasteiger charge is 2.23. The fourth-order valence-corrected chi connectivity index (χ4v) is 3.23. The van der Waals surface area contributed by atoms with Gasteiger partial charge < -0.3 is 0 Å². The minimum absolute atomic E-state index is 0.135. The molecule has 0 amide bonds. The predicted octanol–water partition coefficient (Wildman–Crippen LogP) is 5.41. The Morgan fingerprint density at radius 3 is 2.56 bits per heavy atom. The van der Waals surface area contributed by atoms with Crippen LogP contribution in [0, 0.1) is 17.1 Å². The quantitative estimate of drug-likeness (QED) is 0.598. The minimum atomic E-state index is -1.60. The maximum Gasteiger partial charge on any atom is 0.145 e. The lowest BCUT2D eigenvalue weighted by Crippen LogP contribution is -2.22. The molecule has 0 aromatic heterocycles. The van der Waals surface area contributed by atoms with Gasteiger partial charge in [0, 0.05) is 20.6 Å². The molecular weight excluding hydrogens is 427 g/mol. The standard InChI is InChI=1S/C18H15BrClFN2OS/c1-18(2,3)25(24)23-17(11-5-4-6-12(19)7-11)14-8-13(20)9-16(21)15(14)10-22/h4-9H,1-3H3. The van der Waals surface area contributed by atoms with E-state index in [1.54, 1.807) is 39.0 Å². The molecule has 0 spiro atoms. The molecule has 0 fully saturated rings. The van der Waals surface area contributed by atoms with E-state index in [9.17, 15) is 13.9 Å². The Morgan fingerprint density at radius 1 is 1.32 bits per heavy atom. The van der Waals surface area contributed by atoms with Crippen molar-refractivity contribution in [2.45, 2.75) is 25.5 Å². The monoisotopic (exact) mass is 440 g/mol. The Morgan fingerprint density at radius 2 is 2.00 bits per heavy atom. The third-order valence-corrected chi connectivity index (χ3v) is 5.33. The van der Waals surface area contributed by atoms with Crippen molar-refractivity contribution >= 4 is 44.2 Å². The van der Waals surface area contributed by atoms with Gasteiger partial charge in [0.2, 0.25) is 0 Å². The summed E-state index contributed by atoms with van der Waals surface area (Å²) in [5.41, 5.74) is 0.884. The van der Waals surface area contributed by atoms with Crippen molar-refractivity contribution in [2.75, 3.05) is 0 Å². The van der Waals surface area contributed by atoms with Gasteiger partial charge in [-0.15, -0.1) is 0 Å². The summed E-state index contributed by atoms with van der Waals surface area (Å²) in [7, 11) is -1.60. The van der Waals surface area contributed by atoms with E-state index < -0.39 is 21.5 Å². The molecule has 3 nitrogen and oxygen atoms in total. The van der Waals surface area contributed by atoms with E-state index in [0.29, 0.717) is 5.56 Å². The Hall–Kier alpha value is -1.55. The highest BCUT2D eigenvalue weighted by atomic mass is 79.9. The van der Waals surface area contributed by atoms with Crippen LogP contribution in [0.15, 0.2) is 45.3 Å². The normalized spacial score (nSPS) is 13.4. The van der Waals surface area contributed by atoms with Crippen LogP contribution in [-0.4, -0.2) is 14.7 Å². The molecule has 0 saturated heterocycles. The molecule has 0 aliphatic heterocycles. The van der Waals surface area contributed by atoms with E-state index in [1.165, 1.54) is 6.07 Å². The molecule has 2 aromatic rings. The maximum absolute atomic E-state index is 14.2. The maximum atomic E-state index is 14.2. The molecule has 0 N–H and O–H groups in total. The lowest BCUT2D eigenvalue weighted by molar-refractivity contribution is 0.623. The number of hydrogen-bond donors (Lipinski definition) is 0. The third-order valence-electron chi connectivity index (χ3n) is 3.22. The third kappa shape index (κ3) is 4.75. The molecule has 0 heterocycles. The van der Waals surface area contributed by atoms with Crippen LogP contribution in [-0.2, 0) is 11.0 Å². The zero-order valence-electron chi connectivity index (χ0n) is 13.8. The number of hydrogen-bond acceptors (Lipinski definition) is 2. The predicted molar refractivity (Wildman–Crippen MR) is 104 cm³/mol. The van der Waals surface area contributed by atoms with Crippen LogP contribution in [0.25, 0.3) is 0 Å². The van der Waals surface area contributed by atoms with Crippen LogP contribution in [0.1, 0.15) is 37.5 Å². The van der Waals surface area contributed by atoms with Gasteiger partial charge in [-0.1, -0.05) is 39.7 Å². The van der Waals surface area contributed by atoms with Gasteiger partial charge in [-0.25, -0.2) is 8.60 Å². The van der Waals surface area contributed by atoms with Crippen molar-refractivity contribution in [2.24, 2.45) is 4.40 Å². The average Bonchev–Trinajstić information content (AvgIpc) is 2.50. The van der Waals surface area contributed by atoms with E-state index >= 15 is 0 Å². The largest absolute Gasteiger partial charge is 0.234 e. The molecule has 1 atom stereocenters. The molecule has 0 radical (unpaired) electrons. The highest BCUT2D eigenvalue weighted by Crippen LogP contribution is 2.26. The average molecular weight is 442 g/mol. The van der Waals surface area contributed by atoms with Crippen LogP contribution in [0.5, 0.6) is 0 Å². The Bertz CT molecular complexity index is 916. The Balaban J connectivity index is 2.80. The number of nitriles is 1. The SMILES string of the molecule is CC(C)(C)S(=O)N=C(c1cccc(Br)c1)c1cc(Cl)cc(F)c1C#N. The van der Waals surface area contributed by atoms with Crippen molar-refractivity contribution < 1.29 is 8.60 Å². The number of benzene rings is 2. The zero-order valence-corrected chi connectivity index (χ0v) is 17.0. The molecule has 0 aliphatic carbocycles. The molecule has 2 rings (SSSR count).